The van der Waals surface area contributed by atoms with Gasteiger partial charge in [0.05, 0.1) is 0 Å². The van der Waals surface area contributed by atoms with E-state index in [0.29, 0.717) is 0 Å². The van der Waals surface area contributed by atoms with Crippen molar-refractivity contribution in [2.24, 2.45) is 11.3 Å². The Morgan fingerprint density at radius 2 is 1.38 bits per heavy atom. The van der Waals surface area contributed by atoms with Gasteiger partial charge in [0.15, 0.2) is 0 Å². The highest BCUT2D eigenvalue weighted by Gasteiger charge is 2.03. The number of nitrogens with two attached hydrogens (primary N) is 2. The van der Waals surface area contributed by atoms with Gasteiger partial charge in [-0.2, -0.15) is 0 Å². The van der Waals surface area contributed by atoms with Crippen LogP contribution in [0.2, 0.25) is 0 Å². The van der Waals surface area contributed by atoms with Crippen molar-refractivity contribution in [3.63, 3.8) is 0 Å². The number of hydrogen-bond acceptors (Lipinski definition) is 4. The minimum atomic E-state index is 0.783. The highest BCUT2D eigenvalue weighted by atomic mass is 14.9. The maximum absolute atomic E-state index is 5.36. The Morgan fingerprint density at radius 3 is 1.69 bits per heavy atom. The predicted octanol–water partition coefficient (Wildman–Crippen LogP) is -2.68. The molecule has 2 aromatic heterocycles. The summed E-state index contributed by atoms with van der Waals surface area (Å²) in [6.45, 7) is 0. The van der Waals surface area contributed by atoms with Crippen LogP contribution in [0.5, 0.6) is 0 Å². The van der Waals surface area contributed by atoms with Crippen LogP contribution >= 0.6 is 0 Å². The van der Waals surface area contributed by atoms with E-state index in [4.69, 9.17) is 11.3 Å². The van der Waals surface area contributed by atoms with Gasteiger partial charge in [-0.3, -0.25) is 0 Å². The highest BCUT2D eigenvalue weighted by Crippen LogP contribution is 1.96. The van der Waals surface area contributed by atoms with Crippen LogP contribution in [0.3, 0.4) is 0 Å². The number of hydrogen-bond donors (Lipinski definition) is 4. The number of H-pyrrole nitrogens is 2. The molecule has 0 aliphatic rings. The summed E-state index contributed by atoms with van der Waals surface area (Å²) in [6.07, 6.45) is 4.98. The first-order valence-corrected chi connectivity index (χ1v) is 4.99. The zero-order valence-corrected chi connectivity index (χ0v) is 8.77. The van der Waals surface area contributed by atoms with Crippen molar-refractivity contribution in [3.05, 3.63) is 24.0 Å². The Bertz CT molecular complexity index is 409. The lowest BCUT2D eigenvalue weighted by atomic mass is 9.93. The van der Waals surface area contributed by atoms with Crippen LogP contribution in [-0.4, -0.2) is 34.8 Å². The SMILES string of the molecule is N[B]c1cnc(CCc2ncc([B]N)[nH]2)[nH]1. The van der Waals surface area contributed by atoms with E-state index in [1.165, 1.54) is 14.8 Å². The molecule has 6 N–H and O–H groups in total. The topological polar surface area (TPSA) is 109 Å². The second kappa shape index (κ2) is 5.00. The lowest BCUT2D eigenvalue weighted by Gasteiger charge is -1.94. The molecule has 0 aliphatic carbocycles. The average molecular weight is 214 g/mol. The molecule has 2 aromatic rings. The van der Waals surface area contributed by atoms with Crippen molar-refractivity contribution in [3.8, 4) is 0 Å². The molecule has 0 fully saturated rings. The summed E-state index contributed by atoms with van der Waals surface area (Å²) in [5, 5.41) is 0. The van der Waals surface area contributed by atoms with E-state index < -0.39 is 0 Å². The summed E-state index contributed by atoms with van der Waals surface area (Å²) in [5.74, 6) is 1.79. The number of imidazole rings is 2. The van der Waals surface area contributed by atoms with Gasteiger partial charge in [0, 0.05) is 36.4 Å². The monoisotopic (exact) mass is 214 g/mol. The highest BCUT2D eigenvalue weighted by molar-refractivity contribution is 6.48. The van der Waals surface area contributed by atoms with Gasteiger partial charge in [-0.05, 0) is 0 Å². The molecule has 0 amide bonds. The fraction of sp³-hybridized carbons (Fsp3) is 0.250. The standard InChI is InChI=1S/C8H12B2N6/c11-9-5-3-13-7(15-5)1-2-8-14-4-6(10-12)16-8/h3-4H,1-2,11-12H2,(H,13,15)(H,14,16). The van der Waals surface area contributed by atoms with Crippen LogP contribution in [0.25, 0.3) is 0 Å². The summed E-state index contributed by atoms with van der Waals surface area (Å²) in [4.78, 5) is 14.6. The van der Waals surface area contributed by atoms with Crippen LogP contribution < -0.4 is 22.5 Å². The van der Waals surface area contributed by atoms with E-state index in [1.54, 1.807) is 12.4 Å². The van der Waals surface area contributed by atoms with E-state index in [9.17, 15) is 0 Å². The fourth-order valence-corrected chi connectivity index (χ4v) is 1.42. The average Bonchev–Trinajstić information content (AvgIpc) is 2.95. The van der Waals surface area contributed by atoms with Crippen molar-refractivity contribution in [1.29, 1.82) is 0 Å². The fourth-order valence-electron chi connectivity index (χ4n) is 1.42. The van der Waals surface area contributed by atoms with E-state index in [1.807, 2.05) is 0 Å². The summed E-state index contributed by atoms with van der Waals surface area (Å²) in [6, 6.07) is 0. The van der Waals surface area contributed by atoms with Gasteiger partial charge in [-0.1, -0.05) is 0 Å². The molecular formula is C8H12B2N6. The van der Waals surface area contributed by atoms with Crippen molar-refractivity contribution in [2.45, 2.75) is 12.8 Å². The minimum absolute atomic E-state index is 0.783. The van der Waals surface area contributed by atoms with Crippen molar-refractivity contribution in [1.82, 2.24) is 19.9 Å². The van der Waals surface area contributed by atoms with Gasteiger partial charge in [-0.25, -0.2) is 9.97 Å². The molecule has 16 heavy (non-hydrogen) atoms. The first-order chi connectivity index (χ1) is 7.81. The maximum Gasteiger partial charge on any atom is 0.266 e. The Labute approximate surface area is 94.8 Å². The second-order valence-corrected chi connectivity index (χ2v) is 3.40. The third-order valence-corrected chi connectivity index (χ3v) is 2.25. The molecule has 0 saturated heterocycles. The van der Waals surface area contributed by atoms with Crippen molar-refractivity contribution in [2.75, 3.05) is 0 Å². The van der Waals surface area contributed by atoms with Gasteiger partial charge >= 0.3 is 0 Å². The maximum atomic E-state index is 5.36. The van der Waals surface area contributed by atoms with Gasteiger partial charge in [0.25, 0.3) is 14.8 Å². The minimum Gasteiger partial charge on any atom is -0.369 e. The molecule has 0 aliphatic heterocycles. The van der Waals surface area contributed by atoms with Gasteiger partial charge in [-0.15, -0.1) is 0 Å². The largest absolute Gasteiger partial charge is 0.369 e. The number of nitrogens with zero attached hydrogens (tertiary/aromatic N) is 2. The smallest absolute Gasteiger partial charge is 0.266 e. The summed E-state index contributed by atoms with van der Waals surface area (Å²) in [7, 11) is 2.98. The van der Waals surface area contributed by atoms with Crippen LogP contribution in [0.15, 0.2) is 12.4 Å². The zero-order chi connectivity index (χ0) is 11.4. The molecule has 8 heteroatoms. The molecule has 0 unspecified atom stereocenters. The molecular weight excluding hydrogens is 202 g/mol. The van der Waals surface area contributed by atoms with Crippen LogP contribution in [-0.2, 0) is 12.8 Å². The van der Waals surface area contributed by atoms with E-state index in [-0.39, 0.29) is 0 Å². The third-order valence-electron chi connectivity index (χ3n) is 2.25. The number of rotatable bonds is 5. The van der Waals surface area contributed by atoms with Gasteiger partial charge in [0.2, 0.25) is 0 Å². The van der Waals surface area contributed by atoms with Crippen LogP contribution in [0.1, 0.15) is 11.6 Å². The Balaban J connectivity index is 1.91. The summed E-state index contributed by atoms with van der Waals surface area (Å²) < 4.78 is 0. The molecule has 0 saturated carbocycles. The molecule has 0 atom stereocenters. The molecule has 0 aromatic carbocycles. The quantitative estimate of drug-likeness (QED) is 0.406. The molecule has 0 spiro atoms. The second-order valence-electron chi connectivity index (χ2n) is 3.40. The molecule has 6 nitrogen and oxygen atoms in total. The molecule has 2 rings (SSSR count). The molecule has 2 radical (unpaired) electrons. The van der Waals surface area contributed by atoms with E-state index >= 15 is 0 Å². The molecule has 0 bridgehead atoms. The molecule has 80 valence electrons. The number of aromatic amines is 2. The van der Waals surface area contributed by atoms with Crippen molar-refractivity contribution >= 4 is 26.0 Å². The number of aromatic nitrogens is 4. The van der Waals surface area contributed by atoms with Crippen LogP contribution in [0, 0.1) is 0 Å². The van der Waals surface area contributed by atoms with Gasteiger partial charge < -0.3 is 21.3 Å². The first kappa shape index (κ1) is 11.0. The summed E-state index contributed by atoms with van der Waals surface area (Å²) >= 11 is 0. The lowest BCUT2D eigenvalue weighted by Crippen LogP contribution is -2.24. The van der Waals surface area contributed by atoms with E-state index in [2.05, 4.69) is 19.9 Å². The van der Waals surface area contributed by atoms with E-state index in [0.717, 1.165) is 35.7 Å². The zero-order valence-electron chi connectivity index (χ0n) is 8.77. The Hall–Kier alpha value is -1.53. The third kappa shape index (κ3) is 2.53. The lowest BCUT2D eigenvalue weighted by molar-refractivity contribution is 0.838. The van der Waals surface area contributed by atoms with Crippen molar-refractivity contribution < 1.29 is 0 Å². The predicted molar refractivity (Wildman–Crippen MR) is 63.7 cm³/mol. The number of aryl methyl sites for hydroxylation is 2. The Morgan fingerprint density at radius 1 is 0.938 bits per heavy atom. The number of nitrogens with one attached hydrogen (secondary N) is 2. The summed E-state index contributed by atoms with van der Waals surface area (Å²) in [5.41, 5.74) is 12.4. The first-order valence-electron chi connectivity index (χ1n) is 4.99. The van der Waals surface area contributed by atoms with Gasteiger partial charge in [0.1, 0.15) is 11.6 Å². The normalized spacial score (nSPS) is 10.4. The Kier molecular flexibility index (Phi) is 3.43. The van der Waals surface area contributed by atoms with Crippen LogP contribution in [0.4, 0.5) is 0 Å². The molecule has 2 heterocycles.